The van der Waals surface area contributed by atoms with Gasteiger partial charge in [0.15, 0.2) is 5.69 Å². The number of fused-ring (bicyclic) bond motifs is 1. The molecule has 0 aliphatic carbocycles. The first-order valence-corrected chi connectivity index (χ1v) is 8.78. The number of anilines is 1. The topological polar surface area (TPSA) is 116 Å². The average molecular weight is 362 g/mol. The molecule has 0 saturated carbocycles. The number of carbonyl (C=O) groups is 1. The lowest BCUT2D eigenvalue weighted by atomic mass is 10.0. The second-order valence-electron chi connectivity index (χ2n) is 6.75. The summed E-state index contributed by atoms with van der Waals surface area (Å²) in [5, 5.41) is 25.1. The van der Waals surface area contributed by atoms with Crippen LogP contribution in [0.2, 0.25) is 0 Å². The van der Waals surface area contributed by atoms with E-state index in [1.165, 1.54) is 0 Å². The molecule has 0 atom stereocenters. The van der Waals surface area contributed by atoms with Crippen LogP contribution in [0.15, 0.2) is 43.0 Å². The minimum atomic E-state index is -0.262. The summed E-state index contributed by atoms with van der Waals surface area (Å²) >= 11 is 0. The Labute approximate surface area is 154 Å². The maximum atomic E-state index is 12.6. The van der Waals surface area contributed by atoms with E-state index in [4.69, 9.17) is 0 Å². The van der Waals surface area contributed by atoms with Gasteiger partial charge in [0.2, 0.25) is 0 Å². The molecular weight excluding hydrogens is 344 g/mol. The zero-order valence-corrected chi connectivity index (χ0v) is 14.4. The van der Waals surface area contributed by atoms with Crippen LogP contribution in [0.5, 0.6) is 0 Å². The summed E-state index contributed by atoms with van der Waals surface area (Å²) in [5.41, 5.74) is 3.80. The Kier molecular flexibility index (Phi) is 3.72. The fraction of sp³-hybridized carbons (Fsp3) is 0.222. The quantitative estimate of drug-likeness (QED) is 0.430. The number of amides is 1. The summed E-state index contributed by atoms with van der Waals surface area (Å²) in [4.78, 5) is 12.6. The molecule has 1 aliphatic heterocycles. The molecule has 0 bridgehead atoms. The van der Waals surface area contributed by atoms with Gasteiger partial charge in [-0.25, -0.2) is 0 Å². The van der Waals surface area contributed by atoms with Crippen molar-refractivity contribution in [3.63, 3.8) is 0 Å². The normalized spacial score (nSPS) is 14.4. The number of nitrogens with zero attached hydrogens (tertiary/aromatic N) is 4. The van der Waals surface area contributed by atoms with Gasteiger partial charge >= 0.3 is 0 Å². The Morgan fingerprint density at radius 3 is 2.96 bits per heavy atom. The van der Waals surface area contributed by atoms with Gasteiger partial charge in [0.1, 0.15) is 0 Å². The second-order valence-corrected chi connectivity index (χ2v) is 6.75. The third kappa shape index (κ3) is 2.97. The molecule has 9 nitrogen and oxygen atoms in total. The molecule has 4 aromatic rings. The highest BCUT2D eigenvalue weighted by Gasteiger charge is 2.19. The molecule has 136 valence electrons. The number of aromatic nitrogens is 6. The zero-order chi connectivity index (χ0) is 18.2. The predicted molar refractivity (Wildman–Crippen MR) is 100 cm³/mol. The summed E-state index contributed by atoms with van der Waals surface area (Å²) in [6.45, 7) is 2.88. The van der Waals surface area contributed by atoms with Crippen molar-refractivity contribution in [3.8, 4) is 11.1 Å². The van der Waals surface area contributed by atoms with Crippen molar-refractivity contribution in [1.82, 2.24) is 35.5 Å². The van der Waals surface area contributed by atoms with Crippen LogP contribution in [-0.4, -0.2) is 49.2 Å². The Bertz CT molecular complexity index is 1090. The summed E-state index contributed by atoms with van der Waals surface area (Å²) in [5.74, 6) is 0.343. The number of rotatable bonds is 5. The minimum absolute atomic E-state index is 0.262. The number of H-pyrrole nitrogens is 2. The third-order valence-electron chi connectivity index (χ3n) is 4.81. The van der Waals surface area contributed by atoms with Crippen LogP contribution in [0.4, 0.5) is 5.69 Å². The summed E-state index contributed by atoms with van der Waals surface area (Å²) in [7, 11) is 0. The van der Waals surface area contributed by atoms with Crippen LogP contribution in [0.1, 0.15) is 10.5 Å². The number of hydrogen-bond donors (Lipinski definition) is 4. The van der Waals surface area contributed by atoms with Crippen LogP contribution >= 0.6 is 0 Å². The van der Waals surface area contributed by atoms with Gasteiger partial charge in [-0.1, -0.05) is 6.07 Å². The third-order valence-corrected chi connectivity index (χ3v) is 4.81. The molecule has 1 saturated heterocycles. The highest BCUT2D eigenvalue weighted by molar-refractivity contribution is 6.11. The number of benzene rings is 1. The summed E-state index contributed by atoms with van der Waals surface area (Å²) < 4.78 is 1.86. The maximum absolute atomic E-state index is 12.6. The van der Waals surface area contributed by atoms with Gasteiger partial charge in [0.05, 0.1) is 23.6 Å². The fourth-order valence-electron chi connectivity index (χ4n) is 3.24. The molecular formula is C18H18N8O. The first-order valence-electron chi connectivity index (χ1n) is 8.78. The molecule has 0 unspecified atom stereocenters. The van der Waals surface area contributed by atoms with Crippen LogP contribution < -0.4 is 10.6 Å². The van der Waals surface area contributed by atoms with E-state index in [1.807, 2.05) is 35.3 Å². The molecule has 1 aliphatic rings. The molecule has 9 heteroatoms. The second kappa shape index (κ2) is 6.36. The smallest absolute Gasteiger partial charge is 0.276 e. The lowest BCUT2D eigenvalue weighted by molar-refractivity contribution is 0.102. The zero-order valence-electron chi connectivity index (χ0n) is 14.4. The van der Waals surface area contributed by atoms with E-state index in [1.54, 1.807) is 12.4 Å². The van der Waals surface area contributed by atoms with Crippen LogP contribution in [0, 0.1) is 5.92 Å². The van der Waals surface area contributed by atoms with E-state index in [0.29, 0.717) is 17.3 Å². The Hall–Kier alpha value is -3.46. The maximum Gasteiger partial charge on any atom is 0.276 e. The van der Waals surface area contributed by atoms with E-state index in [0.717, 1.165) is 41.7 Å². The molecule has 4 N–H and O–H groups in total. The van der Waals surface area contributed by atoms with Crippen molar-refractivity contribution < 1.29 is 4.79 Å². The molecule has 0 radical (unpaired) electrons. The van der Waals surface area contributed by atoms with Gasteiger partial charge in [-0.15, -0.1) is 0 Å². The van der Waals surface area contributed by atoms with E-state index in [-0.39, 0.29) is 5.91 Å². The molecule has 27 heavy (non-hydrogen) atoms. The predicted octanol–water partition coefficient (Wildman–Crippen LogP) is 1.62. The van der Waals surface area contributed by atoms with E-state index < -0.39 is 0 Å². The Morgan fingerprint density at radius 1 is 1.26 bits per heavy atom. The minimum Gasteiger partial charge on any atom is -0.318 e. The summed E-state index contributed by atoms with van der Waals surface area (Å²) in [6, 6.07) is 5.79. The number of carbonyl (C=O) groups excluding carboxylic acids is 1. The lowest BCUT2D eigenvalue weighted by Crippen LogP contribution is -2.44. The van der Waals surface area contributed by atoms with Crippen molar-refractivity contribution in [1.29, 1.82) is 0 Å². The van der Waals surface area contributed by atoms with Gasteiger partial charge in [0, 0.05) is 48.9 Å². The van der Waals surface area contributed by atoms with E-state index in [9.17, 15) is 4.79 Å². The highest BCUT2D eigenvalue weighted by Crippen LogP contribution is 2.24. The summed E-state index contributed by atoms with van der Waals surface area (Å²) in [6.07, 6.45) is 7.09. The van der Waals surface area contributed by atoms with Gasteiger partial charge in [-0.2, -0.15) is 15.3 Å². The molecule has 5 rings (SSSR count). The molecule has 0 spiro atoms. The Balaban J connectivity index is 1.34. The van der Waals surface area contributed by atoms with E-state index >= 15 is 0 Å². The van der Waals surface area contributed by atoms with Gasteiger partial charge in [0.25, 0.3) is 5.91 Å². The molecule has 1 aromatic carbocycles. The van der Waals surface area contributed by atoms with Crippen molar-refractivity contribution in [2.24, 2.45) is 5.92 Å². The number of hydrogen-bond acceptors (Lipinski definition) is 5. The standard InChI is InChI=1S/C18H18N8O/c27-18(23-14-8-22-26(10-14)9-11-4-19-5-11)17-15-2-1-12(3-16(15)24-25-17)13-6-20-21-7-13/h1-3,6-8,10-11,19H,4-5,9H2,(H,20,21)(H,23,27)(H,24,25). The highest BCUT2D eigenvalue weighted by atomic mass is 16.2. The molecule has 3 aromatic heterocycles. The van der Waals surface area contributed by atoms with Gasteiger partial charge in [-0.3, -0.25) is 19.7 Å². The number of nitrogens with one attached hydrogen (secondary N) is 4. The largest absolute Gasteiger partial charge is 0.318 e. The van der Waals surface area contributed by atoms with Crippen molar-refractivity contribution in [2.45, 2.75) is 6.54 Å². The van der Waals surface area contributed by atoms with Crippen molar-refractivity contribution >= 4 is 22.5 Å². The molecule has 1 fully saturated rings. The average Bonchev–Trinajstić information content (AvgIpc) is 3.37. The van der Waals surface area contributed by atoms with Gasteiger partial charge < -0.3 is 10.6 Å². The van der Waals surface area contributed by atoms with Crippen LogP contribution in [-0.2, 0) is 6.54 Å². The monoisotopic (exact) mass is 362 g/mol. The first-order chi connectivity index (χ1) is 13.3. The number of aromatic amines is 2. The van der Waals surface area contributed by atoms with Crippen molar-refractivity contribution in [2.75, 3.05) is 18.4 Å². The van der Waals surface area contributed by atoms with Crippen LogP contribution in [0.25, 0.3) is 22.0 Å². The van der Waals surface area contributed by atoms with Gasteiger partial charge in [-0.05, 0) is 17.7 Å². The molecule has 4 heterocycles. The SMILES string of the molecule is O=C(Nc1cnn(CC2CNC2)c1)c1n[nH]c2cc(-c3cn[nH]c3)ccc12. The lowest BCUT2D eigenvalue weighted by Gasteiger charge is -2.26. The molecule has 1 amide bonds. The van der Waals surface area contributed by atoms with Crippen molar-refractivity contribution in [3.05, 3.63) is 48.7 Å². The fourth-order valence-corrected chi connectivity index (χ4v) is 3.24. The van der Waals surface area contributed by atoms with Crippen LogP contribution in [0.3, 0.4) is 0 Å². The Morgan fingerprint density at radius 2 is 2.19 bits per heavy atom. The van der Waals surface area contributed by atoms with E-state index in [2.05, 4.69) is 36.1 Å². The first kappa shape index (κ1) is 15.8.